The number of ether oxygens (including phenoxy) is 1. The van der Waals surface area contributed by atoms with Gasteiger partial charge in [0.25, 0.3) is 0 Å². The highest BCUT2D eigenvalue weighted by atomic mass is 19.4. The maximum Gasteiger partial charge on any atom is 0.411 e. The molecule has 1 atom stereocenters. The average molecular weight is 237 g/mol. The summed E-state index contributed by atoms with van der Waals surface area (Å²) in [5.41, 5.74) is 0.659. The highest BCUT2D eigenvalue weighted by Gasteiger charge is 2.28. The zero-order valence-electron chi connectivity index (χ0n) is 9.08. The van der Waals surface area contributed by atoms with Crippen molar-refractivity contribution < 1.29 is 17.9 Å². The van der Waals surface area contributed by atoms with E-state index in [-0.39, 0.29) is 12.6 Å². The number of alkyl halides is 3. The molecule has 16 heavy (non-hydrogen) atoms. The van der Waals surface area contributed by atoms with Crippen molar-refractivity contribution in [3.8, 4) is 0 Å². The lowest BCUT2D eigenvalue weighted by Gasteiger charge is -2.15. The molecule has 92 valence electrons. The molecule has 0 spiro atoms. The summed E-state index contributed by atoms with van der Waals surface area (Å²) in [5, 5.41) is 6.94. The number of hydrogen-bond donors (Lipinski definition) is 1. The van der Waals surface area contributed by atoms with Crippen molar-refractivity contribution in [1.82, 2.24) is 15.1 Å². The third-order valence-electron chi connectivity index (χ3n) is 1.99. The topological polar surface area (TPSA) is 39.1 Å². The molecule has 1 aromatic heterocycles. The van der Waals surface area contributed by atoms with Gasteiger partial charge in [0.15, 0.2) is 0 Å². The number of nitrogens with one attached hydrogen (secondary N) is 1. The number of nitrogens with zero attached hydrogens (tertiary/aromatic N) is 2. The summed E-state index contributed by atoms with van der Waals surface area (Å²) in [5.74, 6) is 0. The van der Waals surface area contributed by atoms with Crippen molar-refractivity contribution >= 4 is 0 Å². The lowest BCUT2D eigenvalue weighted by atomic mass is 10.2. The minimum Gasteiger partial charge on any atom is -0.370 e. The van der Waals surface area contributed by atoms with Crippen LogP contribution in [0.3, 0.4) is 0 Å². The van der Waals surface area contributed by atoms with Crippen LogP contribution in [0, 0.1) is 0 Å². The normalized spacial score (nSPS) is 14.1. The number of hydrogen-bond acceptors (Lipinski definition) is 3. The average Bonchev–Trinajstić information content (AvgIpc) is 2.58. The molecule has 1 rings (SSSR count). The van der Waals surface area contributed by atoms with Gasteiger partial charge in [-0.2, -0.15) is 18.3 Å². The van der Waals surface area contributed by atoms with Crippen LogP contribution in [0.1, 0.15) is 11.7 Å². The summed E-state index contributed by atoms with van der Waals surface area (Å²) in [4.78, 5) is 0. The summed E-state index contributed by atoms with van der Waals surface area (Å²) in [6.07, 6.45) is -2.56. The van der Waals surface area contributed by atoms with E-state index in [1.54, 1.807) is 31.0 Å². The number of aromatic nitrogens is 2. The monoisotopic (exact) mass is 237 g/mol. The van der Waals surface area contributed by atoms with E-state index in [0.717, 1.165) is 0 Å². The molecule has 4 nitrogen and oxygen atoms in total. The molecule has 1 N–H and O–H groups in total. The van der Waals surface area contributed by atoms with Crippen LogP contribution < -0.4 is 5.32 Å². The number of halogens is 3. The molecular formula is C9H14F3N3O. The van der Waals surface area contributed by atoms with Gasteiger partial charge in [0.05, 0.1) is 18.3 Å². The Labute approximate surface area is 91.4 Å². The fourth-order valence-corrected chi connectivity index (χ4v) is 1.23. The van der Waals surface area contributed by atoms with Gasteiger partial charge in [-0.1, -0.05) is 0 Å². The first kappa shape index (κ1) is 13.0. The second-order valence-electron chi connectivity index (χ2n) is 3.39. The van der Waals surface area contributed by atoms with Crippen molar-refractivity contribution in [3.05, 3.63) is 18.0 Å². The first-order chi connectivity index (χ1) is 7.42. The molecule has 7 heteroatoms. The van der Waals surface area contributed by atoms with E-state index in [2.05, 4.69) is 15.2 Å². The molecule has 0 fully saturated rings. The zero-order chi connectivity index (χ0) is 12.2. The van der Waals surface area contributed by atoms with Gasteiger partial charge >= 0.3 is 6.18 Å². The van der Waals surface area contributed by atoms with Crippen LogP contribution in [0.5, 0.6) is 0 Å². The Hall–Kier alpha value is -1.08. The summed E-state index contributed by atoms with van der Waals surface area (Å²) in [7, 11) is 3.39. The van der Waals surface area contributed by atoms with Crippen molar-refractivity contribution in [2.24, 2.45) is 7.05 Å². The molecule has 1 heterocycles. The van der Waals surface area contributed by atoms with Gasteiger partial charge in [0.1, 0.15) is 6.61 Å². The van der Waals surface area contributed by atoms with E-state index in [1.807, 2.05) is 0 Å². The summed E-state index contributed by atoms with van der Waals surface area (Å²) in [6, 6.07) is 1.40. The summed E-state index contributed by atoms with van der Waals surface area (Å²) in [6.45, 7) is -1.30. The SMILES string of the molecule is CNC(COCC(F)(F)F)c1ccn(C)n1. The Morgan fingerprint density at radius 2 is 2.25 bits per heavy atom. The number of aryl methyl sites for hydroxylation is 1. The molecule has 0 bridgehead atoms. The Kier molecular flexibility index (Phi) is 4.31. The number of rotatable bonds is 5. The van der Waals surface area contributed by atoms with Crippen LogP contribution in [-0.4, -0.2) is 36.2 Å². The van der Waals surface area contributed by atoms with E-state index < -0.39 is 12.8 Å². The van der Waals surface area contributed by atoms with Crippen LogP contribution in [-0.2, 0) is 11.8 Å². The molecule has 0 amide bonds. The molecular weight excluding hydrogens is 223 g/mol. The van der Waals surface area contributed by atoms with E-state index in [1.165, 1.54) is 0 Å². The maximum absolute atomic E-state index is 11.9. The minimum absolute atomic E-state index is 0.0625. The van der Waals surface area contributed by atoms with Crippen molar-refractivity contribution in [2.45, 2.75) is 12.2 Å². The Bertz CT molecular complexity index is 324. The van der Waals surface area contributed by atoms with Crippen LogP contribution in [0.4, 0.5) is 13.2 Å². The standard InChI is InChI=1S/C9H14F3N3O/c1-13-8(5-16-6-9(10,11)12)7-3-4-15(2)14-7/h3-4,8,13H,5-6H2,1-2H3. The van der Waals surface area contributed by atoms with Gasteiger partial charge in [-0.25, -0.2) is 0 Å². The van der Waals surface area contributed by atoms with E-state index in [0.29, 0.717) is 5.69 Å². The van der Waals surface area contributed by atoms with Crippen molar-refractivity contribution in [1.29, 1.82) is 0 Å². The largest absolute Gasteiger partial charge is 0.411 e. The van der Waals surface area contributed by atoms with Crippen molar-refractivity contribution in [3.63, 3.8) is 0 Å². The quantitative estimate of drug-likeness (QED) is 0.838. The first-order valence-electron chi connectivity index (χ1n) is 4.73. The van der Waals surface area contributed by atoms with Gasteiger partial charge in [0.2, 0.25) is 0 Å². The van der Waals surface area contributed by atoms with Crippen LogP contribution in [0.2, 0.25) is 0 Å². The Morgan fingerprint density at radius 1 is 1.56 bits per heavy atom. The van der Waals surface area contributed by atoms with Gasteiger partial charge in [-0.05, 0) is 13.1 Å². The third kappa shape index (κ3) is 4.19. The van der Waals surface area contributed by atoms with Crippen molar-refractivity contribution in [2.75, 3.05) is 20.3 Å². The van der Waals surface area contributed by atoms with Crippen LogP contribution >= 0.6 is 0 Å². The van der Waals surface area contributed by atoms with Crippen LogP contribution in [0.15, 0.2) is 12.3 Å². The molecule has 0 saturated heterocycles. The predicted octanol–water partition coefficient (Wildman–Crippen LogP) is 1.26. The molecule has 1 unspecified atom stereocenters. The highest BCUT2D eigenvalue weighted by molar-refractivity contribution is 5.05. The first-order valence-corrected chi connectivity index (χ1v) is 4.73. The molecule has 1 aromatic rings. The molecule has 0 radical (unpaired) electrons. The van der Waals surface area contributed by atoms with Gasteiger partial charge in [0, 0.05) is 13.2 Å². The maximum atomic E-state index is 11.9. The van der Waals surface area contributed by atoms with Gasteiger partial charge < -0.3 is 10.1 Å². The van der Waals surface area contributed by atoms with E-state index >= 15 is 0 Å². The lowest BCUT2D eigenvalue weighted by molar-refractivity contribution is -0.175. The molecule has 0 saturated carbocycles. The minimum atomic E-state index is -4.29. The fourth-order valence-electron chi connectivity index (χ4n) is 1.23. The fraction of sp³-hybridized carbons (Fsp3) is 0.667. The summed E-state index contributed by atoms with van der Waals surface area (Å²) < 4.78 is 41.7. The van der Waals surface area contributed by atoms with Crippen LogP contribution in [0.25, 0.3) is 0 Å². The Balaban J connectivity index is 2.44. The molecule has 0 aliphatic rings. The predicted molar refractivity (Wildman–Crippen MR) is 51.9 cm³/mol. The molecule has 0 aromatic carbocycles. The van der Waals surface area contributed by atoms with Gasteiger partial charge in [-0.15, -0.1) is 0 Å². The summed E-state index contributed by atoms with van der Waals surface area (Å²) >= 11 is 0. The zero-order valence-corrected chi connectivity index (χ0v) is 9.08. The van der Waals surface area contributed by atoms with E-state index in [9.17, 15) is 13.2 Å². The third-order valence-corrected chi connectivity index (χ3v) is 1.99. The van der Waals surface area contributed by atoms with Gasteiger partial charge in [-0.3, -0.25) is 4.68 Å². The smallest absolute Gasteiger partial charge is 0.370 e. The second-order valence-corrected chi connectivity index (χ2v) is 3.39. The molecule has 0 aliphatic carbocycles. The number of likely N-dealkylation sites (N-methyl/N-ethyl adjacent to an activating group) is 1. The lowest BCUT2D eigenvalue weighted by Crippen LogP contribution is -2.26. The second kappa shape index (κ2) is 5.31. The van der Waals surface area contributed by atoms with E-state index in [4.69, 9.17) is 0 Å². The Morgan fingerprint density at radius 3 is 2.69 bits per heavy atom. The molecule has 0 aliphatic heterocycles. The highest BCUT2D eigenvalue weighted by Crippen LogP contribution is 2.16.